The zero-order valence-electron chi connectivity index (χ0n) is 17.9. The van der Waals surface area contributed by atoms with Crippen molar-refractivity contribution in [2.24, 2.45) is 0 Å². The number of hydrogen-bond donors (Lipinski definition) is 2. The van der Waals surface area contributed by atoms with Gasteiger partial charge in [0.05, 0.1) is 47.2 Å². The minimum absolute atomic E-state index is 0.0555. The second-order valence-corrected chi connectivity index (χ2v) is 9.66. The van der Waals surface area contributed by atoms with Crippen LogP contribution in [0.3, 0.4) is 0 Å². The molecule has 0 aliphatic carbocycles. The van der Waals surface area contributed by atoms with E-state index in [0.29, 0.717) is 18.9 Å². The number of anilines is 1. The summed E-state index contributed by atoms with van der Waals surface area (Å²) < 4.78 is 52.9. The van der Waals surface area contributed by atoms with Crippen molar-refractivity contribution in [1.82, 2.24) is 20.3 Å². The SMILES string of the molecule is CCS(=O)(=O)c1ccc([C@H](CO)NC(=O)c2cnc(N3CCC[C@H]3COC(F)F)nc2)nc1. The van der Waals surface area contributed by atoms with Crippen LogP contribution < -0.4 is 10.2 Å². The zero-order valence-corrected chi connectivity index (χ0v) is 18.7. The summed E-state index contributed by atoms with van der Waals surface area (Å²) in [4.78, 5) is 26.8. The van der Waals surface area contributed by atoms with Crippen molar-refractivity contribution in [1.29, 1.82) is 0 Å². The molecule has 0 spiro atoms. The van der Waals surface area contributed by atoms with Crippen LogP contribution in [-0.2, 0) is 14.6 Å². The molecule has 0 aromatic carbocycles. The van der Waals surface area contributed by atoms with Gasteiger partial charge in [-0.15, -0.1) is 0 Å². The molecule has 13 heteroatoms. The van der Waals surface area contributed by atoms with Crippen molar-refractivity contribution >= 4 is 21.7 Å². The van der Waals surface area contributed by atoms with Crippen molar-refractivity contribution in [2.45, 2.75) is 43.4 Å². The maximum absolute atomic E-state index is 12.6. The van der Waals surface area contributed by atoms with Gasteiger partial charge in [-0.25, -0.2) is 18.4 Å². The molecule has 2 aromatic heterocycles. The fraction of sp³-hybridized carbons (Fsp3) is 0.500. The molecular weight excluding hydrogens is 460 g/mol. The maximum Gasteiger partial charge on any atom is 0.345 e. The number of carbonyl (C=O) groups is 1. The minimum atomic E-state index is -3.41. The highest BCUT2D eigenvalue weighted by Crippen LogP contribution is 2.23. The zero-order chi connectivity index (χ0) is 24.0. The maximum atomic E-state index is 12.6. The molecule has 1 saturated heterocycles. The first kappa shape index (κ1) is 24.9. The van der Waals surface area contributed by atoms with E-state index in [1.165, 1.54) is 37.6 Å². The van der Waals surface area contributed by atoms with Crippen LogP contribution in [0.5, 0.6) is 0 Å². The number of alkyl halides is 2. The Morgan fingerprint density at radius 3 is 2.58 bits per heavy atom. The number of aliphatic hydroxyl groups excluding tert-OH is 1. The van der Waals surface area contributed by atoms with Gasteiger partial charge in [-0.1, -0.05) is 6.92 Å². The van der Waals surface area contributed by atoms with Crippen molar-refractivity contribution in [2.75, 3.05) is 30.4 Å². The highest BCUT2D eigenvalue weighted by atomic mass is 32.2. The van der Waals surface area contributed by atoms with Gasteiger partial charge in [-0.05, 0) is 25.0 Å². The Hall–Kier alpha value is -2.77. The molecule has 2 aromatic rings. The van der Waals surface area contributed by atoms with Gasteiger partial charge in [0.1, 0.15) is 0 Å². The van der Waals surface area contributed by atoms with E-state index >= 15 is 0 Å². The molecule has 0 unspecified atom stereocenters. The van der Waals surface area contributed by atoms with E-state index < -0.39 is 35.0 Å². The molecule has 1 amide bonds. The number of nitrogens with one attached hydrogen (secondary N) is 1. The highest BCUT2D eigenvalue weighted by Gasteiger charge is 2.28. The molecule has 1 aliphatic heterocycles. The van der Waals surface area contributed by atoms with Crippen molar-refractivity contribution < 1.29 is 31.8 Å². The number of ether oxygens (including phenoxy) is 1. The van der Waals surface area contributed by atoms with Crippen molar-refractivity contribution in [3.05, 3.63) is 42.0 Å². The van der Waals surface area contributed by atoms with Crippen LogP contribution in [0.1, 0.15) is 41.9 Å². The van der Waals surface area contributed by atoms with Gasteiger partial charge in [-0.2, -0.15) is 8.78 Å². The first-order chi connectivity index (χ1) is 15.7. The number of carbonyl (C=O) groups excluding carboxylic acids is 1. The van der Waals surface area contributed by atoms with Gasteiger partial charge in [-0.3, -0.25) is 9.78 Å². The molecule has 33 heavy (non-hydrogen) atoms. The topological polar surface area (TPSA) is 135 Å². The summed E-state index contributed by atoms with van der Waals surface area (Å²) in [5, 5.41) is 12.3. The van der Waals surface area contributed by atoms with E-state index in [9.17, 15) is 27.1 Å². The van der Waals surface area contributed by atoms with Crippen LogP contribution in [0.4, 0.5) is 14.7 Å². The van der Waals surface area contributed by atoms with Crippen LogP contribution in [0.15, 0.2) is 35.6 Å². The van der Waals surface area contributed by atoms with E-state index in [2.05, 4.69) is 25.0 Å². The quantitative estimate of drug-likeness (QED) is 0.511. The van der Waals surface area contributed by atoms with E-state index in [1.54, 1.807) is 4.90 Å². The van der Waals surface area contributed by atoms with Crippen LogP contribution in [0.25, 0.3) is 0 Å². The lowest BCUT2D eigenvalue weighted by molar-refractivity contribution is -0.131. The van der Waals surface area contributed by atoms with Crippen molar-refractivity contribution in [3.8, 4) is 0 Å². The number of sulfone groups is 1. The average molecular weight is 486 g/mol. The number of amides is 1. The van der Waals surface area contributed by atoms with Gasteiger partial charge < -0.3 is 20.1 Å². The molecular formula is C20H25F2N5O5S. The Bertz CT molecular complexity index is 1040. The summed E-state index contributed by atoms with van der Waals surface area (Å²) in [6, 6.07) is 1.66. The van der Waals surface area contributed by atoms with E-state index in [-0.39, 0.29) is 34.6 Å². The second-order valence-electron chi connectivity index (χ2n) is 7.39. The lowest BCUT2D eigenvalue weighted by atomic mass is 10.2. The summed E-state index contributed by atoms with van der Waals surface area (Å²) in [7, 11) is -3.41. The Labute approximate surface area is 189 Å². The number of nitrogens with zero attached hydrogens (tertiary/aromatic N) is 4. The third-order valence-electron chi connectivity index (χ3n) is 5.29. The Kier molecular flexibility index (Phi) is 8.21. The molecule has 1 aliphatic rings. The number of aromatic nitrogens is 3. The van der Waals surface area contributed by atoms with Gasteiger partial charge in [0, 0.05) is 25.1 Å². The summed E-state index contributed by atoms with van der Waals surface area (Å²) >= 11 is 0. The van der Waals surface area contributed by atoms with Crippen LogP contribution in [-0.4, -0.2) is 72.5 Å². The summed E-state index contributed by atoms with van der Waals surface area (Å²) in [6.07, 6.45) is 5.25. The van der Waals surface area contributed by atoms with Crippen LogP contribution >= 0.6 is 0 Å². The normalized spacial score (nSPS) is 17.4. The molecule has 1 fully saturated rings. The van der Waals surface area contributed by atoms with Crippen LogP contribution in [0, 0.1) is 0 Å². The number of aliphatic hydroxyl groups is 1. The fourth-order valence-electron chi connectivity index (χ4n) is 3.45. The molecule has 3 rings (SSSR count). The minimum Gasteiger partial charge on any atom is -0.394 e. The summed E-state index contributed by atoms with van der Waals surface area (Å²) in [5.41, 5.74) is 0.416. The largest absolute Gasteiger partial charge is 0.394 e. The summed E-state index contributed by atoms with van der Waals surface area (Å²) in [6.45, 7) is -1.34. The standard InChI is InChI=1S/C20H25F2N5O5S/c1-2-33(30,31)15-5-6-16(23-10-15)17(11-28)26-18(29)13-8-24-20(25-9-13)27-7-3-4-14(27)12-32-19(21)22/h5-6,8-10,14,17,19,28H,2-4,7,11-12H2,1H3,(H,26,29)/t14-,17-/m0/s1. The monoisotopic (exact) mass is 485 g/mol. The molecule has 2 N–H and O–H groups in total. The summed E-state index contributed by atoms with van der Waals surface area (Å²) in [5.74, 6) is -0.326. The molecule has 2 atom stereocenters. The number of halogens is 2. The molecule has 10 nitrogen and oxygen atoms in total. The number of hydrogen-bond acceptors (Lipinski definition) is 9. The number of rotatable bonds is 10. The smallest absolute Gasteiger partial charge is 0.345 e. The lowest BCUT2D eigenvalue weighted by Gasteiger charge is -2.24. The van der Waals surface area contributed by atoms with E-state index in [1.807, 2.05) is 0 Å². The second kappa shape index (κ2) is 10.9. The average Bonchev–Trinajstić information content (AvgIpc) is 3.30. The molecule has 0 bridgehead atoms. The van der Waals surface area contributed by atoms with Gasteiger partial charge in [0.2, 0.25) is 5.95 Å². The van der Waals surface area contributed by atoms with E-state index in [4.69, 9.17) is 0 Å². The lowest BCUT2D eigenvalue weighted by Crippen LogP contribution is -2.35. The Balaban J connectivity index is 1.66. The Morgan fingerprint density at radius 1 is 1.27 bits per heavy atom. The fourth-order valence-corrected chi connectivity index (χ4v) is 4.27. The first-order valence-corrected chi connectivity index (χ1v) is 12.0. The Morgan fingerprint density at radius 2 is 2.00 bits per heavy atom. The highest BCUT2D eigenvalue weighted by molar-refractivity contribution is 7.91. The van der Waals surface area contributed by atoms with Crippen molar-refractivity contribution in [3.63, 3.8) is 0 Å². The molecule has 0 saturated carbocycles. The predicted molar refractivity (Wildman–Crippen MR) is 114 cm³/mol. The third kappa shape index (κ3) is 6.18. The van der Waals surface area contributed by atoms with E-state index in [0.717, 1.165) is 6.42 Å². The molecule has 180 valence electrons. The first-order valence-electron chi connectivity index (χ1n) is 10.3. The molecule has 0 radical (unpaired) electrons. The van der Waals surface area contributed by atoms with Gasteiger partial charge in [0.25, 0.3) is 5.91 Å². The predicted octanol–water partition coefficient (Wildman–Crippen LogP) is 1.34. The molecule has 3 heterocycles. The van der Waals surface area contributed by atoms with Gasteiger partial charge >= 0.3 is 6.61 Å². The van der Waals surface area contributed by atoms with Gasteiger partial charge in [0.15, 0.2) is 9.84 Å². The van der Waals surface area contributed by atoms with Crippen LogP contribution in [0.2, 0.25) is 0 Å². The third-order valence-corrected chi connectivity index (χ3v) is 7.01. The number of pyridine rings is 1.